The number of carbonyl (C=O) groups is 4. The van der Waals surface area contributed by atoms with Gasteiger partial charge in [-0.2, -0.15) is 0 Å². The fourth-order valence-electron chi connectivity index (χ4n) is 7.30. The largest absolute Gasteiger partial charge is 0.458 e. The summed E-state index contributed by atoms with van der Waals surface area (Å²) in [6.07, 6.45) is 5.94. The molecule has 6 atom stereocenters. The molecular weight excluding hydrogens is 632 g/mol. The Labute approximate surface area is 295 Å². The minimum absolute atomic E-state index is 0.104. The number of ether oxygens (including phenoxy) is 4. The molecule has 0 N–H and O–H groups in total. The molecule has 0 bridgehead atoms. The third-order valence-corrected chi connectivity index (χ3v) is 10.4. The first kappa shape index (κ1) is 36.8. The highest BCUT2D eigenvalue weighted by molar-refractivity contribution is 5.95. The van der Waals surface area contributed by atoms with Crippen molar-refractivity contribution in [3.8, 4) is 11.5 Å². The van der Waals surface area contributed by atoms with E-state index in [1.807, 2.05) is 0 Å². The zero-order chi connectivity index (χ0) is 35.9. The summed E-state index contributed by atoms with van der Waals surface area (Å²) in [6.45, 7) is 13.1. The Hall–Kier alpha value is -4.46. The van der Waals surface area contributed by atoms with Crippen molar-refractivity contribution in [1.82, 2.24) is 0 Å². The summed E-state index contributed by atoms with van der Waals surface area (Å²) < 4.78 is 22.9. The zero-order valence-electron chi connectivity index (χ0n) is 30.1. The normalized spacial score (nSPS) is 23.6. The summed E-state index contributed by atoms with van der Waals surface area (Å²) in [5, 5.41) is 0. The molecule has 8 nitrogen and oxygen atoms in total. The minimum atomic E-state index is -0.610. The van der Waals surface area contributed by atoms with E-state index in [4.69, 9.17) is 18.9 Å². The predicted molar refractivity (Wildman–Crippen MR) is 190 cm³/mol. The van der Waals surface area contributed by atoms with Gasteiger partial charge in [0.05, 0.1) is 22.3 Å². The van der Waals surface area contributed by atoms with Crippen LogP contribution in [0, 0.1) is 35.5 Å². The van der Waals surface area contributed by atoms with E-state index in [-0.39, 0.29) is 46.8 Å². The van der Waals surface area contributed by atoms with Crippen molar-refractivity contribution in [2.24, 2.45) is 35.5 Å². The van der Waals surface area contributed by atoms with E-state index in [2.05, 4.69) is 41.5 Å². The van der Waals surface area contributed by atoms with Gasteiger partial charge >= 0.3 is 23.9 Å². The van der Waals surface area contributed by atoms with Crippen LogP contribution in [0.1, 0.15) is 121 Å². The Morgan fingerprint density at radius 1 is 0.480 bits per heavy atom. The maximum atomic E-state index is 12.9. The highest BCUT2D eigenvalue weighted by Crippen LogP contribution is 2.37. The van der Waals surface area contributed by atoms with Crippen molar-refractivity contribution >= 4 is 23.9 Å². The molecule has 0 aliphatic heterocycles. The SMILES string of the molecule is CC(C)[C@H]1CC[C@H](C)C[C@@H]1OC(=O)c1ccc(OC(=O)c2ccc(C(=O)Oc3ccc(C(=O)O[C@@H]4C[C@H](C)CC[C@H]4C(C)C)cc3)cc2)cc1. The first-order chi connectivity index (χ1) is 23.9. The molecule has 3 aromatic rings. The van der Waals surface area contributed by atoms with Gasteiger partial charge in [-0.25, -0.2) is 19.2 Å². The molecule has 0 spiro atoms. The summed E-state index contributed by atoms with van der Waals surface area (Å²) in [4.78, 5) is 51.4. The van der Waals surface area contributed by atoms with Gasteiger partial charge in [-0.05, 0) is 134 Å². The monoisotopic (exact) mass is 682 g/mol. The molecule has 0 unspecified atom stereocenters. The highest BCUT2D eigenvalue weighted by Gasteiger charge is 2.35. The average Bonchev–Trinajstić information content (AvgIpc) is 3.08. The average molecular weight is 683 g/mol. The smallest absolute Gasteiger partial charge is 0.343 e. The molecule has 50 heavy (non-hydrogen) atoms. The van der Waals surface area contributed by atoms with Crippen molar-refractivity contribution < 1.29 is 38.1 Å². The van der Waals surface area contributed by atoms with Crippen LogP contribution in [0.15, 0.2) is 72.8 Å². The van der Waals surface area contributed by atoms with E-state index in [9.17, 15) is 19.2 Å². The lowest BCUT2D eigenvalue weighted by Crippen LogP contribution is -2.35. The number of esters is 4. The van der Waals surface area contributed by atoms with Crippen molar-refractivity contribution in [3.05, 3.63) is 95.1 Å². The molecule has 0 radical (unpaired) electrons. The summed E-state index contributed by atoms with van der Waals surface area (Å²) >= 11 is 0. The number of hydrogen-bond donors (Lipinski definition) is 0. The summed E-state index contributed by atoms with van der Waals surface area (Å²) in [7, 11) is 0. The minimum Gasteiger partial charge on any atom is -0.458 e. The van der Waals surface area contributed by atoms with Crippen molar-refractivity contribution in [1.29, 1.82) is 0 Å². The maximum absolute atomic E-state index is 12.9. The summed E-state index contributed by atoms with van der Waals surface area (Å²) in [6, 6.07) is 18.6. The molecule has 3 aromatic carbocycles. The molecule has 5 rings (SSSR count). The molecule has 8 heteroatoms. The van der Waals surface area contributed by atoms with Gasteiger partial charge in [0, 0.05) is 0 Å². The van der Waals surface area contributed by atoms with E-state index >= 15 is 0 Å². The Bertz CT molecular complexity index is 1500. The molecule has 2 fully saturated rings. The Morgan fingerprint density at radius 2 is 0.780 bits per heavy atom. The number of rotatable bonds is 10. The van der Waals surface area contributed by atoms with Crippen LogP contribution in [0.3, 0.4) is 0 Å². The molecule has 0 heterocycles. The van der Waals surface area contributed by atoms with Crippen LogP contribution in [0.25, 0.3) is 0 Å². The van der Waals surface area contributed by atoms with Gasteiger partial charge in [-0.1, -0.05) is 54.4 Å². The van der Waals surface area contributed by atoms with Crippen LogP contribution in [0.2, 0.25) is 0 Å². The highest BCUT2D eigenvalue weighted by atomic mass is 16.6. The van der Waals surface area contributed by atoms with Crippen LogP contribution in [-0.4, -0.2) is 36.1 Å². The quantitative estimate of drug-likeness (QED) is 0.154. The van der Waals surface area contributed by atoms with Crippen molar-refractivity contribution in [3.63, 3.8) is 0 Å². The summed E-state index contributed by atoms with van der Waals surface area (Å²) in [5.74, 6) is 1.20. The second-order valence-electron chi connectivity index (χ2n) is 14.9. The van der Waals surface area contributed by atoms with E-state index < -0.39 is 11.9 Å². The lowest BCUT2D eigenvalue weighted by molar-refractivity contribution is -0.0181. The number of benzene rings is 3. The van der Waals surface area contributed by atoms with E-state index in [1.165, 1.54) is 24.3 Å². The number of carbonyl (C=O) groups excluding carboxylic acids is 4. The predicted octanol–water partition coefficient (Wildman–Crippen LogP) is 9.36. The molecule has 0 aromatic heterocycles. The maximum Gasteiger partial charge on any atom is 0.343 e. The van der Waals surface area contributed by atoms with Crippen LogP contribution < -0.4 is 9.47 Å². The van der Waals surface area contributed by atoms with Crippen LogP contribution in [-0.2, 0) is 9.47 Å². The first-order valence-electron chi connectivity index (χ1n) is 18.0. The van der Waals surface area contributed by atoms with Crippen LogP contribution >= 0.6 is 0 Å². The van der Waals surface area contributed by atoms with Crippen LogP contribution in [0.5, 0.6) is 11.5 Å². The van der Waals surface area contributed by atoms with E-state index in [1.54, 1.807) is 48.5 Å². The third kappa shape index (κ3) is 9.40. The van der Waals surface area contributed by atoms with Crippen LogP contribution in [0.4, 0.5) is 0 Å². The zero-order valence-corrected chi connectivity index (χ0v) is 30.1. The van der Waals surface area contributed by atoms with Gasteiger partial charge in [0.25, 0.3) is 0 Å². The fourth-order valence-corrected chi connectivity index (χ4v) is 7.30. The molecule has 266 valence electrons. The van der Waals surface area contributed by atoms with E-state index in [0.717, 1.165) is 38.5 Å². The van der Waals surface area contributed by atoms with Gasteiger partial charge in [0.15, 0.2) is 0 Å². The molecular formula is C42H50O8. The lowest BCUT2D eigenvalue weighted by atomic mass is 9.75. The topological polar surface area (TPSA) is 105 Å². The van der Waals surface area contributed by atoms with Gasteiger partial charge in [-0.15, -0.1) is 0 Å². The van der Waals surface area contributed by atoms with Crippen molar-refractivity contribution in [2.75, 3.05) is 0 Å². The van der Waals surface area contributed by atoms with E-state index in [0.29, 0.717) is 46.6 Å². The molecule has 0 amide bonds. The number of hydrogen-bond acceptors (Lipinski definition) is 8. The third-order valence-electron chi connectivity index (χ3n) is 10.4. The van der Waals surface area contributed by atoms with Crippen molar-refractivity contribution in [2.45, 2.75) is 92.3 Å². The Balaban J connectivity index is 1.11. The Morgan fingerprint density at radius 3 is 1.10 bits per heavy atom. The first-order valence-corrected chi connectivity index (χ1v) is 18.0. The second kappa shape index (κ2) is 16.5. The molecule has 2 aliphatic carbocycles. The second-order valence-corrected chi connectivity index (χ2v) is 14.9. The van der Waals surface area contributed by atoms with Gasteiger partial charge in [-0.3, -0.25) is 0 Å². The lowest BCUT2D eigenvalue weighted by Gasteiger charge is -2.36. The summed E-state index contributed by atoms with van der Waals surface area (Å²) in [5.41, 5.74) is 1.28. The fraction of sp³-hybridized carbons (Fsp3) is 0.476. The molecule has 2 saturated carbocycles. The van der Waals surface area contributed by atoms with Gasteiger partial charge < -0.3 is 18.9 Å². The molecule has 2 aliphatic rings. The molecule has 0 saturated heterocycles. The van der Waals surface area contributed by atoms with Gasteiger partial charge in [0.2, 0.25) is 0 Å². The Kier molecular flexibility index (Phi) is 12.1. The standard InChI is InChI=1S/C42H50O8/c1-25(2)35-21-7-27(5)23-37(35)49-41(45)31-13-17-33(18-14-31)47-39(43)29-9-11-30(12-10-29)40(44)48-34-19-15-32(16-20-34)42(46)50-38-24-28(6)8-22-36(38)26(3)4/h9-20,25-28,35-38H,7-8,21-24H2,1-6H3/t27-,28+,35+,36-,37-,38+. The van der Waals surface area contributed by atoms with Gasteiger partial charge in [0.1, 0.15) is 23.7 Å².